The Balaban J connectivity index is 1.64. The molecule has 0 aromatic heterocycles. The highest BCUT2D eigenvalue weighted by atomic mass is 16.5. The van der Waals surface area contributed by atoms with Gasteiger partial charge in [-0.3, -0.25) is 4.79 Å². The van der Waals surface area contributed by atoms with Crippen molar-refractivity contribution < 1.29 is 19.4 Å². The van der Waals surface area contributed by atoms with Crippen LogP contribution in [0.15, 0.2) is 24.3 Å². The van der Waals surface area contributed by atoms with Gasteiger partial charge in [-0.2, -0.15) is 0 Å². The number of fused-ring (bicyclic) bond motifs is 1. The molecule has 2 N–H and O–H groups in total. The molecule has 1 atom stereocenters. The number of amides is 1. The molecular formula is C16H21NO4. The Labute approximate surface area is 124 Å². The van der Waals surface area contributed by atoms with E-state index in [9.17, 15) is 9.90 Å². The van der Waals surface area contributed by atoms with Crippen LogP contribution in [0.3, 0.4) is 0 Å². The lowest BCUT2D eigenvalue weighted by atomic mass is 9.91. The number of hydrogen-bond donors (Lipinski definition) is 2. The fourth-order valence-electron chi connectivity index (χ4n) is 2.92. The molecule has 1 aromatic rings. The van der Waals surface area contributed by atoms with E-state index in [1.54, 1.807) is 0 Å². The highest BCUT2D eigenvalue weighted by molar-refractivity contribution is 5.84. The van der Waals surface area contributed by atoms with Gasteiger partial charge in [0, 0.05) is 38.2 Å². The third-order valence-corrected chi connectivity index (χ3v) is 4.29. The van der Waals surface area contributed by atoms with E-state index in [2.05, 4.69) is 5.32 Å². The van der Waals surface area contributed by atoms with Crippen LogP contribution in [0.4, 0.5) is 0 Å². The summed E-state index contributed by atoms with van der Waals surface area (Å²) < 4.78 is 10.8. The quantitative estimate of drug-likeness (QED) is 0.878. The van der Waals surface area contributed by atoms with Crippen LogP contribution in [0.1, 0.15) is 30.7 Å². The molecule has 1 unspecified atom stereocenters. The molecule has 2 aliphatic rings. The molecule has 0 aliphatic carbocycles. The van der Waals surface area contributed by atoms with Crippen molar-refractivity contribution in [1.29, 1.82) is 0 Å². The van der Waals surface area contributed by atoms with Crippen LogP contribution >= 0.6 is 0 Å². The molecule has 5 heteroatoms. The van der Waals surface area contributed by atoms with Crippen molar-refractivity contribution in [2.75, 3.05) is 26.4 Å². The van der Waals surface area contributed by atoms with Gasteiger partial charge in [-0.15, -0.1) is 0 Å². The number of carbonyl (C=O) groups is 1. The van der Waals surface area contributed by atoms with Crippen molar-refractivity contribution >= 4 is 5.91 Å². The summed E-state index contributed by atoms with van der Waals surface area (Å²) in [5.41, 5.74) is 0.0960. The van der Waals surface area contributed by atoms with E-state index >= 15 is 0 Å². The molecule has 0 spiro atoms. The Morgan fingerprint density at radius 2 is 2.05 bits per heavy atom. The molecule has 1 fully saturated rings. The van der Waals surface area contributed by atoms with Crippen LogP contribution in [0, 0.1) is 0 Å². The topological polar surface area (TPSA) is 67.8 Å². The van der Waals surface area contributed by atoms with E-state index in [-0.39, 0.29) is 18.4 Å². The van der Waals surface area contributed by atoms with Crippen molar-refractivity contribution in [1.82, 2.24) is 5.32 Å². The molecule has 21 heavy (non-hydrogen) atoms. The summed E-state index contributed by atoms with van der Waals surface area (Å²) in [4.78, 5) is 12.4. The number of hydrogen-bond acceptors (Lipinski definition) is 4. The van der Waals surface area contributed by atoms with Gasteiger partial charge in [-0.05, 0) is 12.5 Å². The van der Waals surface area contributed by atoms with Gasteiger partial charge in [0.05, 0.1) is 18.1 Å². The molecule has 114 valence electrons. The lowest BCUT2D eigenvalue weighted by Crippen LogP contribution is -2.47. The number of carbonyl (C=O) groups excluding carboxylic acids is 1. The summed E-state index contributed by atoms with van der Waals surface area (Å²) in [5.74, 6) is 0.553. The van der Waals surface area contributed by atoms with Gasteiger partial charge in [0.2, 0.25) is 5.91 Å². The van der Waals surface area contributed by atoms with E-state index in [1.807, 2.05) is 24.3 Å². The Morgan fingerprint density at radius 1 is 1.29 bits per heavy atom. The zero-order valence-corrected chi connectivity index (χ0v) is 12.0. The summed E-state index contributed by atoms with van der Waals surface area (Å²) >= 11 is 0. The molecule has 0 saturated carbocycles. The normalized spacial score (nSPS) is 23.8. The third-order valence-electron chi connectivity index (χ3n) is 4.29. The number of nitrogens with one attached hydrogen (secondary N) is 1. The van der Waals surface area contributed by atoms with Gasteiger partial charge in [0.15, 0.2) is 0 Å². The van der Waals surface area contributed by atoms with Crippen molar-refractivity contribution in [3.05, 3.63) is 29.8 Å². The maximum Gasteiger partial charge on any atom is 0.227 e. The number of rotatable bonds is 3. The van der Waals surface area contributed by atoms with Gasteiger partial charge in [-0.1, -0.05) is 18.2 Å². The molecule has 0 radical (unpaired) electrons. The first-order chi connectivity index (χ1) is 10.2. The van der Waals surface area contributed by atoms with Crippen LogP contribution in [0.5, 0.6) is 5.75 Å². The number of benzene rings is 1. The minimum absolute atomic E-state index is 0.0364. The van der Waals surface area contributed by atoms with Crippen molar-refractivity contribution in [3.8, 4) is 5.75 Å². The van der Waals surface area contributed by atoms with Gasteiger partial charge in [0.1, 0.15) is 5.75 Å². The van der Waals surface area contributed by atoms with Gasteiger partial charge in [0.25, 0.3) is 0 Å². The lowest BCUT2D eigenvalue weighted by molar-refractivity contribution is -0.126. The first-order valence-electron chi connectivity index (χ1n) is 7.48. The fourth-order valence-corrected chi connectivity index (χ4v) is 2.92. The molecule has 1 saturated heterocycles. The van der Waals surface area contributed by atoms with Gasteiger partial charge < -0.3 is 19.9 Å². The van der Waals surface area contributed by atoms with E-state index in [0.29, 0.717) is 39.1 Å². The van der Waals surface area contributed by atoms with Crippen LogP contribution in [-0.2, 0) is 9.53 Å². The highest BCUT2D eigenvalue weighted by Gasteiger charge is 2.32. The molecule has 1 amide bonds. The summed E-state index contributed by atoms with van der Waals surface area (Å²) in [5, 5.41) is 13.3. The van der Waals surface area contributed by atoms with E-state index in [1.165, 1.54) is 0 Å². The Bertz CT molecular complexity index is 511. The van der Waals surface area contributed by atoms with Gasteiger partial charge >= 0.3 is 0 Å². The first kappa shape index (κ1) is 14.4. The molecule has 3 rings (SSSR count). The largest absolute Gasteiger partial charge is 0.493 e. The molecular weight excluding hydrogens is 270 g/mol. The second-order valence-corrected chi connectivity index (χ2v) is 5.78. The van der Waals surface area contributed by atoms with E-state index in [0.717, 1.165) is 11.3 Å². The number of aliphatic hydroxyl groups is 1. The summed E-state index contributed by atoms with van der Waals surface area (Å²) in [7, 11) is 0. The molecule has 1 aromatic carbocycles. The van der Waals surface area contributed by atoms with E-state index in [4.69, 9.17) is 9.47 Å². The van der Waals surface area contributed by atoms with Crippen molar-refractivity contribution in [3.63, 3.8) is 0 Å². The smallest absolute Gasteiger partial charge is 0.227 e. The minimum Gasteiger partial charge on any atom is -0.493 e. The van der Waals surface area contributed by atoms with Crippen molar-refractivity contribution in [2.24, 2.45) is 0 Å². The SMILES string of the molecule is O=C(NCC1(O)CCOCC1)C1CCOc2ccccc21. The van der Waals surface area contributed by atoms with Crippen LogP contribution in [0.25, 0.3) is 0 Å². The second kappa shape index (κ2) is 6.03. The maximum atomic E-state index is 12.4. The standard InChI is InChI=1S/C16H21NO4/c18-15(17-11-16(19)6-9-20-10-7-16)13-5-8-21-14-4-2-1-3-12(13)14/h1-4,13,19H,5-11H2,(H,17,18). The Morgan fingerprint density at radius 3 is 2.86 bits per heavy atom. The second-order valence-electron chi connectivity index (χ2n) is 5.78. The molecule has 2 heterocycles. The summed E-state index contributed by atoms with van der Waals surface area (Å²) in [6, 6.07) is 7.65. The first-order valence-corrected chi connectivity index (χ1v) is 7.48. The Hall–Kier alpha value is -1.59. The predicted molar refractivity (Wildman–Crippen MR) is 77.3 cm³/mol. The van der Waals surface area contributed by atoms with Crippen LogP contribution in [0.2, 0.25) is 0 Å². The van der Waals surface area contributed by atoms with Crippen LogP contribution < -0.4 is 10.1 Å². The van der Waals surface area contributed by atoms with Crippen molar-refractivity contribution in [2.45, 2.75) is 30.8 Å². The zero-order chi connectivity index (χ0) is 14.7. The lowest BCUT2D eigenvalue weighted by Gasteiger charge is -2.33. The highest BCUT2D eigenvalue weighted by Crippen LogP contribution is 2.33. The zero-order valence-electron chi connectivity index (χ0n) is 12.0. The van der Waals surface area contributed by atoms with E-state index < -0.39 is 5.60 Å². The minimum atomic E-state index is -0.835. The predicted octanol–water partition coefficient (Wildman–Crippen LogP) is 1.21. The number of ether oxygens (including phenoxy) is 2. The van der Waals surface area contributed by atoms with Gasteiger partial charge in [-0.25, -0.2) is 0 Å². The average Bonchev–Trinajstić information content (AvgIpc) is 2.53. The van der Waals surface area contributed by atoms with Crippen LogP contribution in [-0.4, -0.2) is 43.0 Å². The monoisotopic (exact) mass is 291 g/mol. The molecule has 2 aliphatic heterocycles. The third kappa shape index (κ3) is 3.19. The molecule has 5 nitrogen and oxygen atoms in total. The Kier molecular flexibility index (Phi) is 4.12. The molecule has 0 bridgehead atoms. The summed E-state index contributed by atoms with van der Waals surface area (Å²) in [6.45, 7) is 1.93. The fraction of sp³-hybridized carbons (Fsp3) is 0.562. The maximum absolute atomic E-state index is 12.4. The average molecular weight is 291 g/mol. The summed E-state index contributed by atoms with van der Waals surface area (Å²) in [6.07, 6.45) is 1.81. The number of para-hydroxylation sites is 1.